The minimum atomic E-state index is -0.336. The van der Waals surface area contributed by atoms with E-state index >= 15 is 0 Å². The molecule has 0 aliphatic heterocycles. The predicted molar refractivity (Wildman–Crippen MR) is 75.2 cm³/mol. The fourth-order valence-corrected chi connectivity index (χ4v) is 1.07. The fourth-order valence-electron chi connectivity index (χ4n) is 1.07. The van der Waals surface area contributed by atoms with Crippen LogP contribution < -0.4 is 9.47 Å². The first-order valence-corrected chi connectivity index (χ1v) is 6.13. The van der Waals surface area contributed by atoms with Crippen molar-refractivity contribution in [1.82, 2.24) is 0 Å². The fraction of sp³-hybridized carbons (Fsp3) is 0.400. The van der Waals surface area contributed by atoms with Gasteiger partial charge in [-0.2, -0.15) is 0 Å². The summed E-state index contributed by atoms with van der Waals surface area (Å²) in [4.78, 5) is 31.4. The molecule has 0 bridgehead atoms. The third-order valence-electron chi connectivity index (χ3n) is 2.01. The second-order valence-corrected chi connectivity index (χ2v) is 4.51. The molecule has 0 heterocycles. The number of carbonyl (C=O) groups is 3. The lowest BCUT2D eigenvalue weighted by molar-refractivity contribution is -0.137. The average molecular weight is 280 g/mol. The predicted octanol–water partition coefficient (Wildman–Crippen LogP) is 2.66. The van der Waals surface area contributed by atoms with E-state index in [-0.39, 0.29) is 17.7 Å². The van der Waals surface area contributed by atoms with Crippen molar-refractivity contribution in [2.45, 2.75) is 27.7 Å². The van der Waals surface area contributed by atoms with Crippen molar-refractivity contribution in [2.24, 2.45) is 5.92 Å². The normalized spacial score (nSPS) is 9.30. The maximum absolute atomic E-state index is 11.4. The molecular formula is C15H20O5. The summed E-state index contributed by atoms with van der Waals surface area (Å²) in [5.41, 5.74) is 0.473. The van der Waals surface area contributed by atoms with Crippen LogP contribution in [0.15, 0.2) is 18.2 Å². The molecule has 5 heteroatoms. The number of benzene rings is 1. The van der Waals surface area contributed by atoms with Gasteiger partial charge in [0.2, 0.25) is 0 Å². The van der Waals surface area contributed by atoms with Crippen molar-refractivity contribution in [1.29, 1.82) is 0 Å². The Morgan fingerprint density at radius 1 is 1.15 bits per heavy atom. The van der Waals surface area contributed by atoms with Crippen LogP contribution in [0.25, 0.3) is 0 Å². The van der Waals surface area contributed by atoms with Crippen molar-refractivity contribution in [3.63, 3.8) is 0 Å². The van der Waals surface area contributed by atoms with Crippen LogP contribution in [0.3, 0.4) is 0 Å². The van der Waals surface area contributed by atoms with Gasteiger partial charge in [0.15, 0.2) is 11.5 Å². The third kappa shape index (κ3) is 6.68. The Bertz CT molecular complexity index is 473. The quantitative estimate of drug-likeness (QED) is 0.482. The third-order valence-corrected chi connectivity index (χ3v) is 2.01. The van der Waals surface area contributed by atoms with E-state index in [1.54, 1.807) is 26.0 Å². The Balaban J connectivity index is 0.000000796. The largest absolute Gasteiger partial charge is 0.493 e. The molecule has 1 aromatic rings. The molecule has 0 unspecified atom stereocenters. The first kappa shape index (κ1) is 17.8. The van der Waals surface area contributed by atoms with Gasteiger partial charge in [0.25, 0.3) is 0 Å². The topological polar surface area (TPSA) is 69.7 Å². The van der Waals surface area contributed by atoms with Crippen molar-refractivity contribution in [3.8, 4) is 11.5 Å². The highest BCUT2D eigenvalue weighted by Gasteiger charge is 2.13. The maximum atomic E-state index is 11.4. The molecule has 0 aliphatic carbocycles. The summed E-state index contributed by atoms with van der Waals surface area (Å²) in [6, 6.07) is 4.64. The van der Waals surface area contributed by atoms with Crippen LogP contribution in [0.2, 0.25) is 0 Å². The second-order valence-electron chi connectivity index (χ2n) is 4.51. The van der Waals surface area contributed by atoms with Crippen LogP contribution in [0.1, 0.15) is 38.1 Å². The zero-order valence-corrected chi connectivity index (χ0v) is 12.4. The maximum Gasteiger partial charge on any atom is 0.313 e. The van der Waals surface area contributed by atoms with Crippen LogP contribution in [0, 0.1) is 5.92 Å². The van der Waals surface area contributed by atoms with Gasteiger partial charge in [-0.1, -0.05) is 13.8 Å². The molecule has 1 rings (SSSR count). The molecule has 0 atom stereocenters. The molecule has 110 valence electrons. The molecule has 20 heavy (non-hydrogen) atoms. The molecule has 0 saturated carbocycles. The van der Waals surface area contributed by atoms with E-state index in [0.717, 1.165) is 0 Å². The standard InChI is InChI=1S/C12H14O4.C3H6O/c1-8(2)12(14)16-10-5-4-9(7-13)6-11(10)15-3;1-3(2)4/h4-8H,1-3H3;1-2H3. The lowest BCUT2D eigenvalue weighted by atomic mass is 10.2. The molecule has 0 saturated heterocycles. The van der Waals surface area contributed by atoms with Gasteiger partial charge in [-0.15, -0.1) is 0 Å². The van der Waals surface area contributed by atoms with Gasteiger partial charge in [0, 0.05) is 5.56 Å². The highest BCUT2D eigenvalue weighted by Crippen LogP contribution is 2.28. The number of carbonyl (C=O) groups excluding carboxylic acids is 3. The molecule has 0 aliphatic rings. The minimum Gasteiger partial charge on any atom is -0.493 e. The zero-order valence-electron chi connectivity index (χ0n) is 12.4. The molecule has 0 amide bonds. The molecule has 0 spiro atoms. The van der Waals surface area contributed by atoms with Crippen LogP contribution in [-0.4, -0.2) is 25.1 Å². The molecule has 0 radical (unpaired) electrons. The average Bonchev–Trinajstić information content (AvgIpc) is 2.38. The van der Waals surface area contributed by atoms with Crippen LogP contribution in [-0.2, 0) is 9.59 Å². The molecular weight excluding hydrogens is 260 g/mol. The van der Waals surface area contributed by atoms with Crippen molar-refractivity contribution >= 4 is 18.0 Å². The number of ketones is 1. The summed E-state index contributed by atoms with van der Waals surface area (Å²) in [5.74, 6) is 0.318. The van der Waals surface area contributed by atoms with Gasteiger partial charge in [-0.3, -0.25) is 9.59 Å². The van der Waals surface area contributed by atoms with Crippen LogP contribution >= 0.6 is 0 Å². The summed E-state index contributed by atoms with van der Waals surface area (Å²) >= 11 is 0. The summed E-state index contributed by atoms with van der Waals surface area (Å²) in [6.45, 7) is 6.54. The number of hydrogen-bond donors (Lipinski definition) is 0. The highest BCUT2D eigenvalue weighted by molar-refractivity contribution is 5.78. The van der Waals surface area contributed by atoms with E-state index < -0.39 is 0 Å². The Morgan fingerprint density at radius 2 is 1.70 bits per heavy atom. The first-order chi connectivity index (χ1) is 9.31. The van der Waals surface area contributed by atoms with Gasteiger partial charge in [-0.25, -0.2) is 0 Å². The number of Topliss-reactive ketones (excluding diaryl/α,β-unsaturated/α-hetero) is 1. The molecule has 0 N–H and O–H groups in total. The van der Waals surface area contributed by atoms with Gasteiger partial charge >= 0.3 is 5.97 Å². The van der Waals surface area contributed by atoms with E-state index in [2.05, 4.69) is 0 Å². The van der Waals surface area contributed by atoms with E-state index in [1.165, 1.54) is 27.0 Å². The highest BCUT2D eigenvalue weighted by atomic mass is 16.6. The SMILES string of the molecule is CC(C)=O.COc1cc(C=O)ccc1OC(=O)C(C)C. The first-order valence-electron chi connectivity index (χ1n) is 6.13. The van der Waals surface area contributed by atoms with Gasteiger partial charge in [0.1, 0.15) is 12.1 Å². The Kier molecular flexibility index (Phi) is 7.89. The second kappa shape index (κ2) is 8.85. The smallest absolute Gasteiger partial charge is 0.313 e. The number of esters is 1. The summed E-state index contributed by atoms with van der Waals surface area (Å²) in [6.07, 6.45) is 0.705. The van der Waals surface area contributed by atoms with Crippen molar-refractivity contribution < 1.29 is 23.9 Å². The van der Waals surface area contributed by atoms with Crippen molar-refractivity contribution in [2.75, 3.05) is 7.11 Å². The van der Waals surface area contributed by atoms with Gasteiger partial charge in [-0.05, 0) is 32.0 Å². The summed E-state index contributed by atoms with van der Waals surface area (Å²) in [7, 11) is 1.45. The monoisotopic (exact) mass is 280 g/mol. The number of ether oxygens (including phenoxy) is 2. The summed E-state index contributed by atoms with van der Waals surface area (Å²) < 4.78 is 10.1. The number of hydrogen-bond acceptors (Lipinski definition) is 5. The molecule has 0 aromatic heterocycles. The van der Waals surface area contributed by atoms with E-state index in [4.69, 9.17) is 9.47 Å². The van der Waals surface area contributed by atoms with Gasteiger partial charge in [0.05, 0.1) is 13.0 Å². The molecule has 1 aromatic carbocycles. The lowest BCUT2D eigenvalue weighted by Gasteiger charge is -2.10. The van der Waals surface area contributed by atoms with Crippen LogP contribution in [0.5, 0.6) is 11.5 Å². The number of methoxy groups -OCH3 is 1. The Hall–Kier alpha value is -2.17. The van der Waals surface area contributed by atoms with Crippen molar-refractivity contribution in [3.05, 3.63) is 23.8 Å². The molecule has 5 nitrogen and oxygen atoms in total. The Labute approximate surface area is 118 Å². The van der Waals surface area contributed by atoms with E-state index in [1.807, 2.05) is 0 Å². The minimum absolute atomic E-state index is 0.167. The zero-order chi connectivity index (χ0) is 15.7. The van der Waals surface area contributed by atoms with Crippen LogP contribution in [0.4, 0.5) is 0 Å². The Morgan fingerprint density at radius 3 is 2.10 bits per heavy atom. The molecule has 0 fully saturated rings. The van der Waals surface area contributed by atoms with E-state index in [0.29, 0.717) is 23.3 Å². The lowest BCUT2D eigenvalue weighted by Crippen LogP contribution is -2.15. The van der Waals surface area contributed by atoms with E-state index in [9.17, 15) is 14.4 Å². The summed E-state index contributed by atoms with van der Waals surface area (Å²) in [5, 5.41) is 0. The van der Waals surface area contributed by atoms with Gasteiger partial charge < -0.3 is 14.3 Å². The number of aldehydes is 1. The number of rotatable bonds is 4.